The van der Waals surface area contributed by atoms with Crippen LogP contribution in [0.1, 0.15) is 22.9 Å². The van der Waals surface area contributed by atoms with Gasteiger partial charge in [-0.05, 0) is 36.8 Å². The van der Waals surface area contributed by atoms with Gasteiger partial charge in [-0.3, -0.25) is 4.98 Å². The Morgan fingerprint density at radius 2 is 2.00 bits per heavy atom. The zero-order valence-corrected chi connectivity index (χ0v) is 12.1. The average molecular weight is 279 g/mol. The summed E-state index contributed by atoms with van der Waals surface area (Å²) in [5, 5.41) is 1.08. The van der Waals surface area contributed by atoms with Crippen LogP contribution in [0.4, 0.5) is 0 Å². The first kappa shape index (κ1) is 13.5. The fourth-order valence-electron chi connectivity index (χ4n) is 2.43. The number of nitrogens with two attached hydrogens (primary N) is 1. The minimum atomic E-state index is -0.278. The van der Waals surface area contributed by atoms with Gasteiger partial charge < -0.3 is 10.5 Å². The topological polar surface area (TPSA) is 61.0 Å². The van der Waals surface area contributed by atoms with Crippen LogP contribution in [0, 0.1) is 6.92 Å². The zero-order valence-electron chi connectivity index (χ0n) is 12.1. The lowest BCUT2D eigenvalue weighted by Crippen LogP contribution is -2.13. The van der Waals surface area contributed by atoms with Crippen molar-refractivity contribution >= 4 is 10.9 Å². The monoisotopic (exact) mass is 279 g/mol. The Hall–Kier alpha value is -2.46. The molecule has 0 aliphatic rings. The minimum Gasteiger partial charge on any atom is -0.481 e. The van der Waals surface area contributed by atoms with Crippen LogP contribution < -0.4 is 10.5 Å². The van der Waals surface area contributed by atoms with Gasteiger partial charge >= 0.3 is 0 Å². The summed E-state index contributed by atoms with van der Waals surface area (Å²) in [5.41, 5.74) is 10.2. The molecule has 4 heteroatoms. The lowest BCUT2D eigenvalue weighted by molar-refractivity contribution is 0.390. The summed E-state index contributed by atoms with van der Waals surface area (Å²) in [7, 11) is 1.60. The molecule has 0 spiro atoms. The number of methoxy groups -OCH3 is 1. The Balaban J connectivity index is 2.05. The second-order valence-electron chi connectivity index (χ2n) is 4.98. The van der Waals surface area contributed by atoms with E-state index in [1.807, 2.05) is 37.3 Å². The summed E-state index contributed by atoms with van der Waals surface area (Å²) in [5.74, 6) is 0.562. The van der Waals surface area contributed by atoms with Crippen molar-refractivity contribution < 1.29 is 4.74 Å². The van der Waals surface area contributed by atoms with E-state index in [4.69, 9.17) is 10.5 Å². The number of benzene rings is 1. The number of aryl methyl sites for hydroxylation is 1. The molecule has 0 fully saturated rings. The number of hydrogen-bond donors (Lipinski definition) is 1. The van der Waals surface area contributed by atoms with Crippen LogP contribution in [0.15, 0.2) is 48.7 Å². The van der Waals surface area contributed by atoms with Crippen LogP contribution in [-0.4, -0.2) is 17.1 Å². The molecule has 3 aromatic rings. The van der Waals surface area contributed by atoms with Crippen LogP contribution in [-0.2, 0) is 0 Å². The maximum absolute atomic E-state index is 6.37. The SMILES string of the molecule is COc1ncccc1C(N)c1ccc2nc(C)ccc2c1. The highest BCUT2D eigenvalue weighted by Crippen LogP contribution is 2.27. The van der Waals surface area contributed by atoms with Crippen LogP contribution in [0.3, 0.4) is 0 Å². The maximum atomic E-state index is 6.37. The molecule has 0 aliphatic carbocycles. The Labute approximate surface area is 123 Å². The fraction of sp³-hybridized carbons (Fsp3) is 0.176. The van der Waals surface area contributed by atoms with Gasteiger partial charge in [0.05, 0.1) is 18.7 Å². The van der Waals surface area contributed by atoms with Gasteiger partial charge in [0.25, 0.3) is 0 Å². The first-order valence-electron chi connectivity index (χ1n) is 6.81. The van der Waals surface area contributed by atoms with Crippen molar-refractivity contribution in [3.05, 3.63) is 65.5 Å². The maximum Gasteiger partial charge on any atom is 0.218 e. The molecular formula is C17H17N3O. The number of nitrogens with zero attached hydrogens (tertiary/aromatic N) is 2. The number of rotatable bonds is 3. The van der Waals surface area contributed by atoms with Gasteiger partial charge in [0.15, 0.2) is 0 Å². The summed E-state index contributed by atoms with van der Waals surface area (Å²) in [4.78, 5) is 8.71. The molecule has 0 saturated heterocycles. The summed E-state index contributed by atoms with van der Waals surface area (Å²) >= 11 is 0. The number of ether oxygens (including phenoxy) is 1. The Bertz CT molecular complexity index is 786. The van der Waals surface area contributed by atoms with Gasteiger partial charge in [-0.25, -0.2) is 4.98 Å². The largest absolute Gasteiger partial charge is 0.481 e. The van der Waals surface area contributed by atoms with Crippen molar-refractivity contribution in [2.75, 3.05) is 7.11 Å². The van der Waals surface area contributed by atoms with Gasteiger partial charge in [0, 0.05) is 22.8 Å². The molecule has 0 aliphatic heterocycles. The fourth-order valence-corrected chi connectivity index (χ4v) is 2.43. The highest BCUT2D eigenvalue weighted by molar-refractivity contribution is 5.79. The summed E-state index contributed by atoms with van der Waals surface area (Å²) in [6.45, 7) is 1.99. The Kier molecular flexibility index (Phi) is 3.54. The van der Waals surface area contributed by atoms with E-state index < -0.39 is 0 Å². The van der Waals surface area contributed by atoms with Gasteiger partial charge in [-0.1, -0.05) is 18.2 Å². The van der Waals surface area contributed by atoms with Crippen molar-refractivity contribution in [2.24, 2.45) is 5.73 Å². The van der Waals surface area contributed by atoms with Crippen molar-refractivity contribution in [2.45, 2.75) is 13.0 Å². The van der Waals surface area contributed by atoms with Crippen LogP contribution in [0.25, 0.3) is 10.9 Å². The molecule has 4 nitrogen and oxygen atoms in total. The van der Waals surface area contributed by atoms with Gasteiger partial charge in [-0.15, -0.1) is 0 Å². The predicted molar refractivity (Wildman–Crippen MR) is 83.3 cm³/mol. The molecule has 1 atom stereocenters. The molecule has 1 aromatic carbocycles. The summed E-state index contributed by atoms with van der Waals surface area (Å²) in [6.07, 6.45) is 1.70. The number of pyridine rings is 2. The van der Waals surface area contributed by atoms with E-state index in [1.165, 1.54) is 0 Å². The molecule has 21 heavy (non-hydrogen) atoms. The van der Waals surface area contributed by atoms with E-state index in [-0.39, 0.29) is 6.04 Å². The van der Waals surface area contributed by atoms with Crippen molar-refractivity contribution in [1.82, 2.24) is 9.97 Å². The highest BCUT2D eigenvalue weighted by Gasteiger charge is 2.15. The van der Waals surface area contributed by atoms with E-state index >= 15 is 0 Å². The molecule has 2 aromatic heterocycles. The third-order valence-corrected chi connectivity index (χ3v) is 3.54. The molecule has 106 valence electrons. The third kappa shape index (κ3) is 2.58. The van der Waals surface area contributed by atoms with E-state index in [9.17, 15) is 0 Å². The molecule has 0 bridgehead atoms. The lowest BCUT2D eigenvalue weighted by atomic mass is 9.99. The zero-order chi connectivity index (χ0) is 14.8. The number of aromatic nitrogens is 2. The molecule has 1 unspecified atom stereocenters. The summed E-state index contributed by atoms with van der Waals surface area (Å²) in [6, 6.07) is 13.7. The van der Waals surface area contributed by atoms with Crippen LogP contribution >= 0.6 is 0 Å². The molecular weight excluding hydrogens is 262 g/mol. The Morgan fingerprint density at radius 1 is 1.14 bits per heavy atom. The van der Waals surface area contributed by atoms with E-state index in [0.717, 1.165) is 27.7 Å². The molecule has 2 N–H and O–H groups in total. The standard InChI is InChI=1S/C17H17N3O/c1-11-5-6-12-10-13(7-8-15(12)20-11)16(18)14-4-3-9-19-17(14)21-2/h3-10,16H,18H2,1-2H3. The highest BCUT2D eigenvalue weighted by atomic mass is 16.5. The van der Waals surface area contributed by atoms with Gasteiger partial charge in [-0.2, -0.15) is 0 Å². The van der Waals surface area contributed by atoms with E-state index in [2.05, 4.69) is 22.1 Å². The normalized spacial score (nSPS) is 12.3. The molecule has 0 amide bonds. The van der Waals surface area contributed by atoms with Gasteiger partial charge in [0.2, 0.25) is 5.88 Å². The minimum absolute atomic E-state index is 0.278. The molecule has 0 radical (unpaired) electrons. The van der Waals surface area contributed by atoms with E-state index in [1.54, 1.807) is 13.3 Å². The van der Waals surface area contributed by atoms with Crippen molar-refractivity contribution in [1.29, 1.82) is 0 Å². The average Bonchev–Trinajstić information content (AvgIpc) is 2.53. The molecule has 3 rings (SSSR count). The predicted octanol–water partition coefficient (Wildman–Crippen LogP) is 2.99. The molecule has 2 heterocycles. The van der Waals surface area contributed by atoms with Crippen LogP contribution in [0.5, 0.6) is 5.88 Å². The molecule has 0 saturated carbocycles. The second kappa shape index (κ2) is 5.50. The summed E-state index contributed by atoms with van der Waals surface area (Å²) < 4.78 is 5.29. The number of hydrogen-bond acceptors (Lipinski definition) is 4. The number of fused-ring (bicyclic) bond motifs is 1. The van der Waals surface area contributed by atoms with Crippen molar-refractivity contribution in [3.63, 3.8) is 0 Å². The van der Waals surface area contributed by atoms with E-state index in [0.29, 0.717) is 5.88 Å². The smallest absolute Gasteiger partial charge is 0.218 e. The van der Waals surface area contributed by atoms with Gasteiger partial charge in [0.1, 0.15) is 0 Å². The first-order valence-corrected chi connectivity index (χ1v) is 6.81. The quantitative estimate of drug-likeness (QED) is 0.800. The first-order chi connectivity index (χ1) is 10.2. The lowest BCUT2D eigenvalue weighted by Gasteiger charge is -2.15. The van der Waals surface area contributed by atoms with Crippen molar-refractivity contribution in [3.8, 4) is 5.88 Å². The van der Waals surface area contributed by atoms with Crippen LogP contribution in [0.2, 0.25) is 0 Å². The Morgan fingerprint density at radius 3 is 2.81 bits per heavy atom. The second-order valence-corrected chi connectivity index (χ2v) is 4.98. The third-order valence-electron chi connectivity index (χ3n) is 3.54.